The lowest BCUT2D eigenvalue weighted by Crippen LogP contribution is -2.46. The first-order chi connectivity index (χ1) is 16.4. The van der Waals surface area contributed by atoms with Crippen molar-refractivity contribution in [2.45, 2.75) is 19.9 Å². The minimum absolute atomic E-state index is 0.132. The van der Waals surface area contributed by atoms with E-state index in [9.17, 15) is 14.4 Å². The van der Waals surface area contributed by atoms with E-state index in [0.717, 1.165) is 5.56 Å². The predicted octanol–water partition coefficient (Wildman–Crippen LogP) is 4.01. The number of hydrogen-bond donors (Lipinski definition) is 2. The van der Waals surface area contributed by atoms with Crippen molar-refractivity contribution >= 4 is 40.5 Å². The summed E-state index contributed by atoms with van der Waals surface area (Å²) in [5.74, 6) is -0.780. The van der Waals surface area contributed by atoms with E-state index in [1.54, 1.807) is 41.0 Å². The van der Waals surface area contributed by atoms with E-state index in [0.29, 0.717) is 27.5 Å². The van der Waals surface area contributed by atoms with Gasteiger partial charge in [-0.25, -0.2) is 19.1 Å². The summed E-state index contributed by atoms with van der Waals surface area (Å²) in [6, 6.07) is 11.3. The lowest BCUT2D eigenvalue weighted by molar-refractivity contribution is -0.143. The van der Waals surface area contributed by atoms with Gasteiger partial charge in [0.25, 0.3) is 0 Å². The third kappa shape index (κ3) is 4.67. The van der Waals surface area contributed by atoms with Crippen LogP contribution in [0, 0.1) is 5.92 Å². The molecule has 0 aliphatic rings. The Bertz CT molecular complexity index is 1350. The molecular formula is C24H23N5O4S. The van der Waals surface area contributed by atoms with Crippen molar-refractivity contribution in [3.63, 3.8) is 0 Å². The zero-order chi connectivity index (χ0) is 24.2. The summed E-state index contributed by atoms with van der Waals surface area (Å²) in [4.78, 5) is 42.3. The molecule has 9 nitrogen and oxygen atoms in total. The second kappa shape index (κ2) is 9.84. The van der Waals surface area contributed by atoms with Crippen LogP contribution in [-0.2, 0) is 9.53 Å². The van der Waals surface area contributed by atoms with Gasteiger partial charge in [0, 0.05) is 17.4 Å². The average Bonchev–Trinajstić information content (AvgIpc) is 3.52. The highest BCUT2D eigenvalue weighted by atomic mass is 32.1. The van der Waals surface area contributed by atoms with Crippen molar-refractivity contribution in [3.8, 4) is 11.3 Å². The average molecular weight is 478 g/mol. The van der Waals surface area contributed by atoms with E-state index < -0.39 is 18.0 Å². The first kappa shape index (κ1) is 23.1. The van der Waals surface area contributed by atoms with Crippen LogP contribution in [0.1, 0.15) is 29.1 Å². The van der Waals surface area contributed by atoms with Crippen LogP contribution in [0.2, 0.25) is 0 Å². The number of rotatable bonds is 7. The summed E-state index contributed by atoms with van der Waals surface area (Å²) in [6.07, 6.45) is 3.14. The van der Waals surface area contributed by atoms with Crippen molar-refractivity contribution in [2.24, 2.45) is 5.92 Å². The number of nitrogens with one attached hydrogen (secondary N) is 2. The van der Waals surface area contributed by atoms with Gasteiger partial charge in [-0.15, -0.1) is 11.3 Å². The van der Waals surface area contributed by atoms with Crippen LogP contribution in [0.15, 0.2) is 60.2 Å². The molecule has 2 N–H and O–H groups in total. The molecule has 0 saturated carbocycles. The number of fused-ring (bicyclic) bond motifs is 1. The van der Waals surface area contributed by atoms with Crippen LogP contribution in [0.25, 0.3) is 16.9 Å². The van der Waals surface area contributed by atoms with Gasteiger partial charge in [0.2, 0.25) is 5.78 Å². The van der Waals surface area contributed by atoms with Gasteiger partial charge in [-0.2, -0.15) is 5.10 Å². The number of hydrogen-bond acceptors (Lipinski definition) is 7. The molecule has 1 aromatic carbocycles. The van der Waals surface area contributed by atoms with Crippen LogP contribution >= 0.6 is 11.3 Å². The predicted molar refractivity (Wildman–Crippen MR) is 129 cm³/mol. The minimum atomic E-state index is -0.767. The fourth-order valence-corrected chi connectivity index (χ4v) is 4.18. The number of ketones is 1. The van der Waals surface area contributed by atoms with E-state index in [1.807, 2.05) is 31.4 Å². The van der Waals surface area contributed by atoms with Gasteiger partial charge < -0.3 is 15.4 Å². The maximum atomic E-state index is 12.8. The number of benzene rings is 1. The number of carbonyl (C=O) groups excluding carboxylic acids is 3. The SMILES string of the molecule is COC(=O)[C@@H](NC(=O)Nc1cccc(-c2ccnc3c(C(=O)c4cccs4)cnn23)c1)C(C)C. The van der Waals surface area contributed by atoms with E-state index in [1.165, 1.54) is 24.6 Å². The third-order valence-corrected chi connectivity index (χ3v) is 6.08. The molecule has 34 heavy (non-hydrogen) atoms. The second-order valence-corrected chi connectivity index (χ2v) is 8.80. The quantitative estimate of drug-likeness (QED) is 0.307. The molecule has 0 unspecified atom stereocenters. The van der Waals surface area contributed by atoms with Gasteiger partial charge in [-0.05, 0) is 35.6 Å². The first-order valence-electron chi connectivity index (χ1n) is 10.6. The Morgan fingerprint density at radius 2 is 1.94 bits per heavy atom. The van der Waals surface area contributed by atoms with Crippen LogP contribution in [0.3, 0.4) is 0 Å². The maximum absolute atomic E-state index is 12.8. The molecular weight excluding hydrogens is 454 g/mol. The zero-order valence-corrected chi connectivity index (χ0v) is 19.6. The Morgan fingerprint density at radius 3 is 2.65 bits per heavy atom. The number of methoxy groups -OCH3 is 1. The second-order valence-electron chi connectivity index (χ2n) is 7.85. The fourth-order valence-electron chi connectivity index (χ4n) is 3.50. The number of anilines is 1. The van der Waals surface area contributed by atoms with Crippen LogP contribution in [-0.4, -0.2) is 45.5 Å². The van der Waals surface area contributed by atoms with E-state index >= 15 is 0 Å². The lowest BCUT2D eigenvalue weighted by atomic mass is 10.1. The molecule has 0 bridgehead atoms. The molecule has 0 saturated heterocycles. The zero-order valence-electron chi connectivity index (χ0n) is 18.8. The highest BCUT2D eigenvalue weighted by molar-refractivity contribution is 7.12. The van der Waals surface area contributed by atoms with Gasteiger partial charge in [0.15, 0.2) is 5.65 Å². The summed E-state index contributed by atoms with van der Waals surface area (Å²) in [6.45, 7) is 3.64. The Hall–Kier alpha value is -4.05. The van der Waals surface area contributed by atoms with Gasteiger partial charge in [-0.3, -0.25) is 4.79 Å². The highest BCUT2D eigenvalue weighted by Crippen LogP contribution is 2.25. The minimum Gasteiger partial charge on any atom is -0.467 e. The highest BCUT2D eigenvalue weighted by Gasteiger charge is 2.25. The van der Waals surface area contributed by atoms with Gasteiger partial charge in [-0.1, -0.05) is 32.0 Å². The molecule has 3 aromatic heterocycles. The van der Waals surface area contributed by atoms with Crippen LogP contribution < -0.4 is 10.6 Å². The molecule has 1 atom stereocenters. The Labute approximate surface area is 199 Å². The first-order valence-corrected chi connectivity index (χ1v) is 11.4. The normalized spacial score (nSPS) is 11.9. The molecule has 174 valence electrons. The fraction of sp³-hybridized carbons (Fsp3) is 0.208. The largest absolute Gasteiger partial charge is 0.467 e. The number of thiophene rings is 1. The van der Waals surface area contributed by atoms with Crippen molar-refractivity contribution in [1.29, 1.82) is 0 Å². The van der Waals surface area contributed by atoms with E-state index in [2.05, 4.69) is 20.7 Å². The van der Waals surface area contributed by atoms with Crippen molar-refractivity contribution < 1.29 is 19.1 Å². The summed E-state index contributed by atoms with van der Waals surface area (Å²) in [7, 11) is 1.28. The van der Waals surface area contributed by atoms with Gasteiger partial charge >= 0.3 is 12.0 Å². The van der Waals surface area contributed by atoms with Crippen molar-refractivity contribution in [1.82, 2.24) is 19.9 Å². The molecule has 2 amide bonds. The summed E-state index contributed by atoms with van der Waals surface area (Å²) >= 11 is 1.37. The maximum Gasteiger partial charge on any atom is 0.328 e. The molecule has 4 rings (SSSR count). The van der Waals surface area contributed by atoms with Crippen LogP contribution in [0.5, 0.6) is 0 Å². The molecule has 0 fully saturated rings. The number of amides is 2. The number of aromatic nitrogens is 3. The van der Waals surface area contributed by atoms with Gasteiger partial charge in [0.1, 0.15) is 6.04 Å². The summed E-state index contributed by atoms with van der Waals surface area (Å²) in [5.41, 5.74) is 2.85. The van der Waals surface area contributed by atoms with Crippen molar-refractivity contribution in [3.05, 3.63) is 70.7 Å². The Morgan fingerprint density at radius 1 is 1.12 bits per heavy atom. The standard InChI is InChI=1S/C24H23N5O4S/c1-14(2)20(23(31)33-3)28-24(32)27-16-7-4-6-15(12-16)18-9-10-25-22-17(13-26-29(18)22)21(30)19-8-5-11-34-19/h4-14,20H,1-3H3,(H2,27,28,32)/t20-/m0/s1. The monoisotopic (exact) mass is 477 g/mol. The van der Waals surface area contributed by atoms with E-state index in [4.69, 9.17) is 4.74 Å². The number of nitrogens with zero attached hydrogens (tertiary/aromatic N) is 3. The molecule has 0 aliphatic heterocycles. The molecule has 10 heteroatoms. The number of esters is 1. The molecule has 3 heterocycles. The number of urea groups is 1. The molecule has 0 spiro atoms. The number of ether oxygens (including phenoxy) is 1. The lowest BCUT2D eigenvalue weighted by Gasteiger charge is -2.20. The Kier molecular flexibility index (Phi) is 6.69. The molecule has 4 aromatic rings. The smallest absolute Gasteiger partial charge is 0.328 e. The summed E-state index contributed by atoms with van der Waals surface area (Å²) < 4.78 is 6.37. The summed E-state index contributed by atoms with van der Waals surface area (Å²) in [5, 5.41) is 11.6. The van der Waals surface area contributed by atoms with Crippen LogP contribution in [0.4, 0.5) is 10.5 Å². The van der Waals surface area contributed by atoms with Gasteiger partial charge in [0.05, 0.1) is 29.4 Å². The van der Waals surface area contributed by atoms with E-state index in [-0.39, 0.29) is 11.7 Å². The third-order valence-electron chi connectivity index (χ3n) is 5.22. The van der Waals surface area contributed by atoms with Crippen molar-refractivity contribution in [2.75, 3.05) is 12.4 Å². The molecule has 0 radical (unpaired) electrons. The molecule has 0 aliphatic carbocycles. The Balaban J connectivity index is 1.59. The number of carbonyl (C=O) groups is 3. The topological polar surface area (TPSA) is 115 Å².